The van der Waals surface area contributed by atoms with Gasteiger partial charge in [0.05, 0.1) is 5.69 Å². The first-order chi connectivity index (χ1) is 12.3. The number of nitrogens with one attached hydrogen (secondary N) is 2. The molecule has 1 amide bonds. The topological polar surface area (TPSA) is 57.8 Å². The molecule has 2 heterocycles. The number of benzene rings is 2. The quantitative estimate of drug-likeness (QED) is 0.752. The fraction of sp³-hybridized carbons (Fsp3) is 0.238. The number of rotatable bonds is 5. The van der Waals surface area contributed by atoms with Crippen LogP contribution in [0.2, 0.25) is 0 Å². The zero-order chi connectivity index (χ0) is 17.1. The second-order valence-corrected chi connectivity index (χ2v) is 6.51. The molecule has 1 atom stereocenters. The van der Waals surface area contributed by atoms with E-state index >= 15 is 0 Å². The van der Waals surface area contributed by atoms with Gasteiger partial charge in [-0.25, -0.2) is 4.98 Å². The molecule has 1 aliphatic heterocycles. The van der Waals surface area contributed by atoms with E-state index in [2.05, 4.69) is 46.7 Å². The summed E-state index contributed by atoms with van der Waals surface area (Å²) in [6.07, 6.45) is 2.37. The van der Waals surface area contributed by atoms with Gasteiger partial charge >= 0.3 is 0 Å². The monoisotopic (exact) mass is 331 g/mol. The van der Waals surface area contributed by atoms with Gasteiger partial charge in [-0.3, -0.25) is 4.79 Å². The van der Waals surface area contributed by atoms with Gasteiger partial charge in [0.25, 0.3) is 0 Å². The zero-order valence-corrected chi connectivity index (χ0v) is 14.0. The number of aromatic nitrogens is 2. The summed E-state index contributed by atoms with van der Waals surface area (Å²) in [6.45, 7) is 0.665. The van der Waals surface area contributed by atoms with E-state index in [0.29, 0.717) is 13.0 Å². The molecule has 1 saturated heterocycles. The molecule has 0 aliphatic carbocycles. The molecule has 0 bridgehead atoms. The smallest absolute Gasteiger partial charge is 0.220 e. The molecule has 126 valence electrons. The van der Waals surface area contributed by atoms with Crippen LogP contribution in [0, 0.1) is 0 Å². The fourth-order valence-corrected chi connectivity index (χ4v) is 3.35. The zero-order valence-electron chi connectivity index (χ0n) is 14.0. The summed E-state index contributed by atoms with van der Waals surface area (Å²) < 4.78 is 0. The minimum Gasteiger partial charge on any atom is -0.355 e. The lowest BCUT2D eigenvalue weighted by Gasteiger charge is -2.03. The predicted octanol–water partition coefficient (Wildman–Crippen LogP) is 3.47. The highest BCUT2D eigenvalue weighted by atomic mass is 16.1. The number of hydrogen-bond acceptors (Lipinski definition) is 2. The largest absolute Gasteiger partial charge is 0.355 e. The van der Waals surface area contributed by atoms with Crippen molar-refractivity contribution in [3.05, 3.63) is 77.7 Å². The molecule has 0 radical (unpaired) electrons. The van der Waals surface area contributed by atoms with Crippen molar-refractivity contribution in [2.45, 2.75) is 25.2 Å². The van der Waals surface area contributed by atoms with Crippen LogP contribution in [0.1, 0.15) is 29.4 Å². The predicted molar refractivity (Wildman–Crippen MR) is 98.2 cm³/mol. The molecule has 2 N–H and O–H groups in total. The molecule has 1 aromatic heterocycles. The Morgan fingerprint density at radius 1 is 0.960 bits per heavy atom. The molecule has 4 nitrogen and oxygen atoms in total. The van der Waals surface area contributed by atoms with Gasteiger partial charge in [-0.1, -0.05) is 60.7 Å². The van der Waals surface area contributed by atoms with Crippen LogP contribution >= 0.6 is 0 Å². The highest BCUT2D eigenvalue weighted by Gasteiger charge is 2.27. The molecule has 25 heavy (non-hydrogen) atoms. The van der Waals surface area contributed by atoms with Crippen LogP contribution in [0.25, 0.3) is 11.3 Å². The number of aryl methyl sites for hydroxylation is 2. The van der Waals surface area contributed by atoms with Crippen LogP contribution in [-0.2, 0) is 17.6 Å². The summed E-state index contributed by atoms with van der Waals surface area (Å²) in [4.78, 5) is 19.9. The Hall–Kier alpha value is -2.88. The van der Waals surface area contributed by atoms with E-state index in [-0.39, 0.29) is 11.8 Å². The highest BCUT2D eigenvalue weighted by Crippen LogP contribution is 2.28. The maximum absolute atomic E-state index is 11.5. The van der Waals surface area contributed by atoms with E-state index in [9.17, 15) is 4.79 Å². The Balaban J connectivity index is 1.63. The van der Waals surface area contributed by atoms with Crippen molar-refractivity contribution >= 4 is 5.91 Å². The van der Waals surface area contributed by atoms with E-state index in [0.717, 1.165) is 35.6 Å². The van der Waals surface area contributed by atoms with Crippen molar-refractivity contribution in [3.63, 3.8) is 0 Å². The number of hydrogen-bond donors (Lipinski definition) is 2. The van der Waals surface area contributed by atoms with Gasteiger partial charge < -0.3 is 10.3 Å². The van der Waals surface area contributed by atoms with E-state index in [1.54, 1.807) is 0 Å². The van der Waals surface area contributed by atoms with Crippen molar-refractivity contribution in [3.8, 4) is 11.3 Å². The van der Waals surface area contributed by atoms with Crippen molar-refractivity contribution in [1.29, 1.82) is 0 Å². The standard InChI is InChI=1S/C21H21N3O/c25-19-13-17(14-22-19)21-23-18(12-11-15-7-3-1-4-8-15)20(24-21)16-9-5-2-6-10-16/h1-10,17H,11-14H2,(H,22,25)(H,23,24)/t17-/m0/s1. The third kappa shape index (κ3) is 3.48. The molecular formula is C21H21N3O. The summed E-state index contributed by atoms with van der Waals surface area (Å²) in [5.74, 6) is 1.16. The van der Waals surface area contributed by atoms with Crippen LogP contribution in [-0.4, -0.2) is 22.4 Å². The van der Waals surface area contributed by atoms with Gasteiger partial charge in [0.2, 0.25) is 5.91 Å². The molecule has 1 fully saturated rings. The maximum atomic E-state index is 11.5. The van der Waals surface area contributed by atoms with Gasteiger partial charge in [-0.05, 0) is 18.4 Å². The van der Waals surface area contributed by atoms with Crippen LogP contribution in [0.3, 0.4) is 0 Å². The molecule has 0 saturated carbocycles. The highest BCUT2D eigenvalue weighted by molar-refractivity contribution is 5.79. The number of nitrogens with zero attached hydrogens (tertiary/aromatic N) is 1. The minimum atomic E-state index is 0.105. The van der Waals surface area contributed by atoms with Crippen LogP contribution < -0.4 is 5.32 Å². The normalized spacial score (nSPS) is 16.8. The second kappa shape index (κ2) is 6.93. The third-order valence-electron chi connectivity index (χ3n) is 4.71. The SMILES string of the molecule is O=C1C[C@H](c2nc(-c3ccccc3)c(CCc3ccccc3)[nH]2)CN1. The Morgan fingerprint density at radius 3 is 2.36 bits per heavy atom. The molecular weight excluding hydrogens is 310 g/mol. The lowest BCUT2D eigenvalue weighted by atomic mass is 10.0. The molecule has 0 spiro atoms. The first-order valence-electron chi connectivity index (χ1n) is 8.74. The van der Waals surface area contributed by atoms with Crippen molar-refractivity contribution in [2.24, 2.45) is 0 Å². The van der Waals surface area contributed by atoms with Crippen LogP contribution in [0.4, 0.5) is 0 Å². The minimum absolute atomic E-state index is 0.105. The Bertz CT molecular complexity index is 855. The number of amides is 1. The first-order valence-corrected chi connectivity index (χ1v) is 8.74. The molecule has 0 unspecified atom stereocenters. The van der Waals surface area contributed by atoms with E-state index in [1.165, 1.54) is 5.56 Å². The average molecular weight is 331 g/mol. The summed E-state index contributed by atoms with van der Waals surface area (Å²) in [5, 5.41) is 2.90. The summed E-state index contributed by atoms with van der Waals surface area (Å²) in [6, 6.07) is 20.7. The summed E-state index contributed by atoms with van der Waals surface area (Å²) in [5.41, 5.74) is 4.58. The summed E-state index contributed by atoms with van der Waals surface area (Å²) >= 11 is 0. The molecule has 2 aromatic carbocycles. The number of carbonyl (C=O) groups is 1. The average Bonchev–Trinajstić information content (AvgIpc) is 3.28. The van der Waals surface area contributed by atoms with Gasteiger partial charge in [0, 0.05) is 30.1 Å². The molecule has 3 aromatic rings. The molecule has 1 aliphatic rings. The lowest BCUT2D eigenvalue weighted by molar-refractivity contribution is -0.119. The maximum Gasteiger partial charge on any atom is 0.220 e. The number of imidazole rings is 1. The Morgan fingerprint density at radius 2 is 1.68 bits per heavy atom. The van der Waals surface area contributed by atoms with Gasteiger partial charge in [-0.2, -0.15) is 0 Å². The van der Waals surface area contributed by atoms with E-state index in [4.69, 9.17) is 4.98 Å². The van der Waals surface area contributed by atoms with Gasteiger partial charge in [0.1, 0.15) is 5.82 Å². The Kier molecular flexibility index (Phi) is 4.34. The van der Waals surface area contributed by atoms with Crippen molar-refractivity contribution in [1.82, 2.24) is 15.3 Å². The van der Waals surface area contributed by atoms with Gasteiger partial charge in [-0.15, -0.1) is 0 Å². The Labute approximate surface area is 147 Å². The number of H-pyrrole nitrogens is 1. The molecule has 4 heteroatoms. The van der Waals surface area contributed by atoms with E-state index < -0.39 is 0 Å². The number of carbonyl (C=O) groups excluding carboxylic acids is 1. The van der Waals surface area contributed by atoms with Crippen molar-refractivity contribution < 1.29 is 4.79 Å². The fourth-order valence-electron chi connectivity index (χ4n) is 3.35. The second-order valence-electron chi connectivity index (χ2n) is 6.51. The third-order valence-corrected chi connectivity index (χ3v) is 4.71. The molecule has 4 rings (SSSR count). The van der Waals surface area contributed by atoms with Crippen LogP contribution in [0.15, 0.2) is 60.7 Å². The number of aromatic amines is 1. The first kappa shape index (κ1) is 15.6. The van der Waals surface area contributed by atoms with Crippen molar-refractivity contribution in [2.75, 3.05) is 6.54 Å². The summed E-state index contributed by atoms with van der Waals surface area (Å²) in [7, 11) is 0. The van der Waals surface area contributed by atoms with Crippen LogP contribution in [0.5, 0.6) is 0 Å². The van der Waals surface area contributed by atoms with E-state index in [1.807, 2.05) is 24.3 Å². The lowest BCUT2D eigenvalue weighted by Crippen LogP contribution is -2.13. The van der Waals surface area contributed by atoms with Gasteiger partial charge in [0.15, 0.2) is 0 Å².